The van der Waals surface area contributed by atoms with E-state index in [1.165, 1.54) is 50.7 Å². The zero-order valence-electron chi connectivity index (χ0n) is 12.4. The molecule has 0 amide bonds. The smallest absolute Gasteiger partial charge is 0.126 e. The standard InChI is InChI=1S/C16H26FNOS/c1-2-3-4-5-6-7-8-9-10-20(19)16-12-14(17)11-15(18)13-16/h11-13H,2-10,18H2,1H3. The fourth-order valence-electron chi connectivity index (χ4n) is 2.20. The molecule has 114 valence electrons. The van der Waals surface area contributed by atoms with Gasteiger partial charge in [-0.05, 0) is 24.6 Å². The Bertz CT molecular complexity index is 403. The Labute approximate surface area is 124 Å². The van der Waals surface area contributed by atoms with E-state index in [1.807, 2.05) is 0 Å². The second kappa shape index (κ2) is 9.92. The number of nitrogens with two attached hydrogens (primary N) is 1. The second-order valence-corrected chi connectivity index (χ2v) is 6.82. The van der Waals surface area contributed by atoms with Crippen molar-refractivity contribution in [2.45, 2.75) is 63.2 Å². The van der Waals surface area contributed by atoms with Crippen LogP contribution in [0.4, 0.5) is 10.1 Å². The van der Waals surface area contributed by atoms with Crippen LogP contribution in [0.3, 0.4) is 0 Å². The highest BCUT2D eigenvalue weighted by Crippen LogP contribution is 2.16. The molecule has 0 spiro atoms. The van der Waals surface area contributed by atoms with Gasteiger partial charge in [0.2, 0.25) is 0 Å². The molecule has 0 saturated heterocycles. The van der Waals surface area contributed by atoms with Gasteiger partial charge in [-0.3, -0.25) is 4.21 Å². The molecule has 1 aromatic carbocycles. The van der Waals surface area contributed by atoms with Crippen molar-refractivity contribution in [2.24, 2.45) is 0 Å². The van der Waals surface area contributed by atoms with E-state index in [-0.39, 0.29) is 0 Å². The Morgan fingerprint density at radius 1 is 1.00 bits per heavy atom. The molecular weight excluding hydrogens is 273 g/mol. The molecule has 1 rings (SSSR count). The molecule has 0 aromatic heterocycles. The second-order valence-electron chi connectivity index (χ2n) is 5.24. The van der Waals surface area contributed by atoms with Gasteiger partial charge in [0.15, 0.2) is 0 Å². The molecule has 1 atom stereocenters. The Kier molecular flexibility index (Phi) is 8.51. The molecule has 1 aromatic rings. The van der Waals surface area contributed by atoms with Gasteiger partial charge in [-0.2, -0.15) is 0 Å². The lowest BCUT2D eigenvalue weighted by atomic mass is 10.1. The van der Waals surface area contributed by atoms with E-state index in [1.54, 1.807) is 6.07 Å². The number of nitrogen functional groups attached to an aromatic ring is 1. The zero-order valence-corrected chi connectivity index (χ0v) is 13.2. The third-order valence-corrected chi connectivity index (χ3v) is 4.76. The first-order valence-electron chi connectivity index (χ1n) is 7.58. The van der Waals surface area contributed by atoms with Crippen LogP contribution in [0.25, 0.3) is 0 Å². The maximum absolute atomic E-state index is 13.2. The number of benzene rings is 1. The van der Waals surface area contributed by atoms with E-state index >= 15 is 0 Å². The van der Waals surface area contributed by atoms with Crippen LogP contribution in [-0.2, 0) is 10.8 Å². The third kappa shape index (κ3) is 7.04. The van der Waals surface area contributed by atoms with E-state index in [4.69, 9.17) is 5.73 Å². The predicted molar refractivity (Wildman–Crippen MR) is 84.7 cm³/mol. The molecule has 1 unspecified atom stereocenters. The molecule has 0 aliphatic carbocycles. The van der Waals surface area contributed by atoms with Crippen molar-refractivity contribution in [3.8, 4) is 0 Å². The van der Waals surface area contributed by atoms with Gasteiger partial charge in [-0.25, -0.2) is 4.39 Å². The van der Waals surface area contributed by atoms with E-state index in [2.05, 4.69) is 6.92 Å². The summed E-state index contributed by atoms with van der Waals surface area (Å²) in [4.78, 5) is 0.505. The van der Waals surface area contributed by atoms with Crippen molar-refractivity contribution in [2.75, 3.05) is 11.5 Å². The first-order valence-corrected chi connectivity index (χ1v) is 8.90. The normalized spacial score (nSPS) is 12.5. The van der Waals surface area contributed by atoms with E-state index in [9.17, 15) is 8.60 Å². The van der Waals surface area contributed by atoms with E-state index < -0.39 is 16.6 Å². The maximum atomic E-state index is 13.2. The van der Waals surface area contributed by atoms with Gasteiger partial charge in [-0.15, -0.1) is 0 Å². The van der Waals surface area contributed by atoms with Crippen molar-refractivity contribution in [1.82, 2.24) is 0 Å². The zero-order chi connectivity index (χ0) is 14.8. The minimum atomic E-state index is -1.13. The predicted octanol–water partition coefficient (Wildman–Crippen LogP) is 4.66. The van der Waals surface area contributed by atoms with Crippen LogP contribution < -0.4 is 5.73 Å². The Morgan fingerprint density at radius 2 is 1.60 bits per heavy atom. The van der Waals surface area contributed by atoms with Crippen molar-refractivity contribution in [3.05, 3.63) is 24.0 Å². The lowest BCUT2D eigenvalue weighted by Gasteiger charge is -2.04. The lowest BCUT2D eigenvalue weighted by Crippen LogP contribution is -2.00. The number of halogens is 1. The average molecular weight is 299 g/mol. The molecular formula is C16H26FNOS. The summed E-state index contributed by atoms with van der Waals surface area (Å²) in [6.45, 7) is 2.22. The molecule has 20 heavy (non-hydrogen) atoms. The summed E-state index contributed by atoms with van der Waals surface area (Å²) in [5.74, 6) is 0.182. The average Bonchev–Trinajstić information content (AvgIpc) is 2.40. The van der Waals surface area contributed by atoms with Gasteiger partial charge in [0.1, 0.15) is 5.82 Å². The van der Waals surface area contributed by atoms with Crippen LogP contribution in [0.1, 0.15) is 58.3 Å². The summed E-state index contributed by atoms with van der Waals surface area (Å²) < 4.78 is 25.2. The first kappa shape index (κ1) is 17.2. The van der Waals surface area contributed by atoms with Crippen LogP contribution in [0.2, 0.25) is 0 Å². The molecule has 4 heteroatoms. The Balaban J connectivity index is 2.17. The van der Waals surface area contributed by atoms with Crippen molar-refractivity contribution in [1.29, 1.82) is 0 Å². The lowest BCUT2D eigenvalue weighted by molar-refractivity contribution is 0.584. The molecule has 0 aliphatic heterocycles. The summed E-state index contributed by atoms with van der Waals surface area (Å²) in [7, 11) is -1.13. The summed E-state index contributed by atoms with van der Waals surface area (Å²) in [6, 6.07) is 4.16. The van der Waals surface area contributed by atoms with E-state index in [0.717, 1.165) is 12.8 Å². The van der Waals surface area contributed by atoms with Gasteiger partial charge in [0.05, 0.1) is 10.8 Å². The van der Waals surface area contributed by atoms with E-state index in [0.29, 0.717) is 16.3 Å². The summed E-state index contributed by atoms with van der Waals surface area (Å²) in [5, 5.41) is 0. The van der Waals surface area contributed by atoms with Crippen LogP contribution in [0.15, 0.2) is 23.1 Å². The Morgan fingerprint density at radius 3 is 2.20 bits per heavy atom. The third-order valence-electron chi connectivity index (χ3n) is 3.34. The summed E-state index contributed by atoms with van der Waals surface area (Å²) >= 11 is 0. The molecule has 0 saturated carbocycles. The molecule has 0 heterocycles. The monoisotopic (exact) mass is 299 g/mol. The highest BCUT2D eigenvalue weighted by Gasteiger charge is 2.06. The number of anilines is 1. The summed E-state index contributed by atoms with van der Waals surface area (Å²) in [6.07, 6.45) is 9.72. The first-order chi connectivity index (χ1) is 9.63. The molecule has 0 radical (unpaired) electrons. The van der Waals surface area contributed by atoms with Crippen molar-refractivity contribution >= 4 is 16.5 Å². The van der Waals surface area contributed by atoms with Gasteiger partial charge < -0.3 is 5.73 Å². The van der Waals surface area contributed by atoms with Crippen molar-refractivity contribution in [3.63, 3.8) is 0 Å². The maximum Gasteiger partial charge on any atom is 0.126 e. The minimum absolute atomic E-state index is 0.337. The minimum Gasteiger partial charge on any atom is -0.399 e. The largest absolute Gasteiger partial charge is 0.399 e. The molecule has 2 N–H and O–H groups in total. The van der Waals surface area contributed by atoms with Crippen LogP contribution in [0.5, 0.6) is 0 Å². The fourth-order valence-corrected chi connectivity index (χ4v) is 3.41. The quantitative estimate of drug-likeness (QED) is 0.504. The highest BCUT2D eigenvalue weighted by atomic mass is 32.2. The number of unbranched alkanes of at least 4 members (excludes halogenated alkanes) is 7. The van der Waals surface area contributed by atoms with Crippen molar-refractivity contribution < 1.29 is 8.60 Å². The number of rotatable bonds is 10. The number of hydrogen-bond acceptors (Lipinski definition) is 2. The van der Waals surface area contributed by atoms with Gasteiger partial charge in [-0.1, -0.05) is 51.9 Å². The SMILES string of the molecule is CCCCCCCCCCS(=O)c1cc(N)cc(F)c1. The fraction of sp³-hybridized carbons (Fsp3) is 0.625. The summed E-state index contributed by atoms with van der Waals surface area (Å²) in [5.41, 5.74) is 5.89. The molecule has 0 bridgehead atoms. The molecule has 0 aliphatic rings. The number of hydrogen-bond donors (Lipinski definition) is 1. The van der Waals surface area contributed by atoms with Crippen LogP contribution in [0, 0.1) is 5.82 Å². The van der Waals surface area contributed by atoms with Crippen LogP contribution in [-0.4, -0.2) is 9.96 Å². The molecule has 2 nitrogen and oxygen atoms in total. The van der Waals surface area contributed by atoms with Gasteiger partial charge in [0, 0.05) is 16.3 Å². The highest BCUT2D eigenvalue weighted by molar-refractivity contribution is 7.85. The molecule has 0 fully saturated rings. The van der Waals surface area contributed by atoms with Gasteiger partial charge >= 0.3 is 0 Å². The topological polar surface area (TPSA) is 43.1 Å². The van der Waals surface area contributed by atoms with Crippen LogP contribution >= 0.6 is 0 Å². The Hall–Kier alpha value is -0.900. The van der Waals surface area contributed by atoms with Gasteiger partial charge in [0.25, 0.3) is 0 Å².